The van der Waals surface area contributed by atoms with Crippen LogP contribution < -0.4 is 10.2 Å². The van der Waals surface area contributed by atoms with E-state index in [2.05, 4.69) is 37.9 Å². The first-order valence-electron chi connectivity index (χ1n) is 11.2. The Hall–Kier alpha value is -2.04. The van der Waals surface area contributed by atoms with Crippen molar-refractivity contribution in [1.29, 1.82) is 0 Å². The topological polar surface area (TPSA) is 52.7 Å². The van der Waals surface area contributed by atoms with Crippen molar-refractivity contribution >= 4 is 23.2 Å². The number of nitrogens with zero attached hydrogens (tertiary/aromatic N) is 2. The van der Waals surface area contributed by atoms with Crippen LogP contribution in [0.3, 0.4) is 0 Å². The number of amides is 2. The zero-order valence-corrected chi connectivity index (χ0v) is 19.1. The van der Waals surface area contributed by atoms with Gasteiger partial charge in [0.2, 0.25) is 11.8 Å². The number of rotatable bonds is 10. The molecule has 162 valence electrons. The van der Waals surface area contributed by atoms with Crippen molar-refractivity contribution < 1.29 is 9.59 Å². The largest absolute Gasteiger partial charge is 0.377 e. The monoisotopic (exact) mass is 401 g/mol. The first kappa shape index (κ1) is 23.2. The lowest BCUT2D eigenvalue weighted by atomic mass is 9.85. The number of hydrogen-bond donors (Lipinski definition) is 1. The van der Waals surface area contributed by atoms with Crippen LogP contribution in [-0.4, -0.2) is 37.4 Å². The van der Waals surface area contributed by atoms with Gasteiger partial charge in [-0.05, 0) is 55.4 Å². The first-order valence-corrected chi connectivity index (χ1v) is 11.2. The fourth-order valence-electron chi connectivity index (χ4n) is 3.92. The summed E-state index contributed by atoms with van der Waals surface area (Å²) in [4.78, 5) is 29.6. The van der Waals surface area contributed by atoms with E-state index in [1.807, 2.05) is 37.2 Å². The quantitative estimate of drug-likeness (QED) is 0.606. The van der Waals surface area contributed by atoms with E-state index in [0.29, 0.717) is 12.5 Å². The molecule has 0 unspecified atom stereocenters. The maximum absolute atomic E-state index is 13.2. The Morgan fingerprint density at radius 3 is 2.28 bits per heavy atom. The third-order valence-electron chi connectivity index (χ3n) is 5.90. The lowest BCUT2D eigenvalue weighted by molar-refractivity contribution is -0.137. The lowest BCUT2D eigenvalue weighted by Gasteiger charge is -2.30. The minimum atomic E-state index is 0.0676. The van der Waals surface area contributed by atoms with Crippen molar-refractivity contribution in [3.8, 4) is 0 Å². The molecule has 0 heterocycles. The molecule has 0 bridgehead atoms. The molecule has 1 saturated carbocycles. The predicted octanol–water partition coefficient (Wildman–Crippen LogP) is 4.91. The van der Waals surface area contributed by atoms with Gasteiger partial charge in [-0.25, -0.2) is 0 Å². The van der Waals surface area contributed by atoms with E-state index in [1.54, 1.807) is 0 Å². The Kier molecular flexibility index (Phi) is 8.54. The number of benzene rings is 1. The molecule has 5 nitrogen and oxygen atoms in total. The molecule has 29 heavy (non-hydrogen) atoms. The molecule has 1 aliphatic carbocycles. The van der Waals surface area contributed by atoms with Crippen LogP contribution >= 0.6 is 0 Å². The first-order chi connectivity index (χ1) is 13.8. The fourth-order valence-corrected chi connectivity index (χ4v) is 3.92. The average molecular weight is 402 g/mol. The molecule has 0 saturated heterocycles. The molecule has 1 aromatic rings. The Balaban J connectivity index is 2.27. The third kappa shape index (κ3) is 6.22. The molecule has 0 spiro atoms. The van der Waals surface area contributed by atoms with Gasteiger partial charge in [-0.2, -0.15) is 0 Å². The predicted molar refractivity (Wildman–Crippen MR) is 121 cm³/mol. The van der Waals surface area contributed by atoms with Crippen LogP contribution in [0.15, 0.2) is 18.2 Å². The van der Waals surface area contributed by atoms with Crippen LogP contribution in [-0.2, 0) is 16.1 Å². The van der Waals surface area contributed by atoms with Crippen LogP contribution in [0.2, 0.25) is 0 Å². The Morgan fingerprint density at radius 2 is 1.79 bits per heavy atom. The summed E-state index contributed by atoms with van der Waals surface area (Å²) < 4.78 is 0. The van der Waals surface area contributed by atoms with Gasteiger partial charge in [-0.1, -0.05) is 34.1 Å². The molecular weight excluding hydrogens is 362 g/mol. The van der Waals surface area contributed by atoms with Crippen molar-refractivity contribution in [2.75, 3.05) is 30.9 Å². The Bertz CT molecular complexity index is 691. The van der Waals surface area contributed by atoms with Crippen LogP contribution in [0.1, 0.15) is 65.4 Å². The second-order valence-corrected chi connectivity index (χ2v) is 8.98. The normalized spacial score (nSPS) is 14.1. The summed E-state index contributed by atoms with van der Waals surface area (Å²) in [7, 11) is 4.03. The van der Waals surface area contributed by atoms with Gasteiger partial charge in [0.05, 0.1) is 0 Å². The van der Waals surface area contributed by atoms with Crippen molar-refractivity contribution in [2.24, 2.45) is 17.8 Å². The highest BCUT2D eigenvalue weighted by Gasteiger charge is 2.26. The SMILES string of the molecule is CCC(CC)C(=O)N(Cc1cc(NC(=O)C2CCC2)ccc1N(C)C)CC(C)C. The highest BCUT2D eigenvalue weighted by atomic mass is 16.2. The Morgan fingerprint density at radius 1 is 1.14 bits per heavy atom. The summed E-state index contributed by atoms with van der Waals surface area (Å²) >= 11 is 0. The number of carbonyl (C=O) groups is 2. The summed E-state index contributed by atoms with van der Waals surface area (Å²) in [5.41, 5.74) is 2.97. The average Bonchev–Trinajstić information content (AvgIpc) is 2.60. The van der Waals surface area contributed by atoms with E-state index in [0.717, 1.165) is 55.6 Å². The summed E-state index contributed by atoms with van der Waals surface area (Å²) in [5, 5.41) is 3.08. The molecule has 1 aliphatic rings. The zero-order chi connectivity index (χ0) is 21.6. The summed E-state index contributed by atoms with van der Waals surface area (Å²) in [6.07, 6.45) is 4.84. The minimum Gasteiger partial charge on any atom is -0.377 e. The van der Waals surface area contributed by atoms with Gasteiger partial charge in [0.1, 0.15) is 0 Å². The lowest BCUT2D eigenvalue weighted by Crippen LogP contribution is -2.38. The van der Waals surface area contributed by atoms with E-state index in [4.69, 9.17) is 0 Å². The van der Waals surface area contributed by atoms with Crippen LogP contribution in [0.25, 0.3) is 0 Å². The highest BCUT2D eigenvalue weighted by Crippen LogP contribution is 2.30. The van der Waals surface area contributed by atoms with Crippen LogP contribution in [0, 0.1) is 17.8 Å². The standard InChI is InChI=1S/C24H39N3O2/c1-7-18(8-2)24(29)27(15-17(3)4)16-20-14-21(12-13-22(20)26(5)6)25-23(28)19-10-9-11-19/h12-14,17-19H,7-11,15-16H2,1-6H3,(H,25,28). The zero-order valence-electron chi connectivity index (χ0n) is 19.1. The molecule has 0 aliphatic heterocycles. The van der Waals surface area contributed by atoms with Crippen LogP contribution in [0.4, 0.5) is 11.4 Å². The molecule has 0 aromatic heterocycles. The van der Waals surface area contributed by atoms with Gasteiger partial charge in [0.25, 0.3) is 0 Å². The summed E-state index contributed by atoms with van der Waals surface area (Å²) in [6, 6.07) is 6.05. The fraction of sp³-hybridized carbons (Fsp3) is 0.667. The second-order valence-electron chi connectivity index (χ2n) is 8.98. The summed E-state index contributed by atoms with van der Waals surface area (Å²) in [6.45, 7) is 9.77. The molecular formula is C24H39N3O2. The maximum Gasteiger partial charge on any atom is 0.227 e. The molecule has 2 amide bonds. The van der Waals surface area contributed by atoms with Crippen molar-refractivity contribution in [3.05, 3.63) is 23.8 Å². The van der Waals surface area contributed by atoms with E-state index < -0.39 is 0 Å². The number of carbonyl (C=O) groups excluding carboxylic acids is 2. The third-order valence-corrected chi connectivity index (χ3v) is 5.90. The molecule has 2 rings (SSSR count). The second kappa shape index (κ2) is 10.7. The molecule has 5 heteroatoms. The number of hydrogen-bond acceptors (Lipinski definition) is 3. The molecule has 1 fully saturated rings. The molecule has 1 aromatic carbocycles. The van der Waals surface area contributed by atoms with Gasteiger partial charge in [0, 0.05) is 50.4 Å². The van der Waals surface area contributed by atoms with Gasteiger partial charge >= 0.3 is 0 Å². The van der Waals surface area contributed by atoms with Gasteiger partial charge in [0.15, 0.2) is 0 Å². The van der Waals surface area contributed by atoms with Crippen molar-refractivity contribution in [2.45, 2.75) is 66.3 Å². The Labute approximate surface area is 176 Å². The molecule has 0 radical (unpaired) electrons. The van der Waals surface area contributed by atoms with Crippen LogP contribution in [0.5, 0.6) is 0 Å². The van der Waals surface area contributed by atoms with E-state index in [9.17, 15) is 9.59 Å². The van der Waals surface area contributed by atoms with E-state index in [-0.39, 0.29) is 23.7 Å². The minimum absolute atomic E-state index is 0.0676. The van der Waals surface area contributed by atoms with Gasteiger partial charge < -0.3 is 15.1 Å². The van der Waals surface area contributed by atoms with Gasteiger partial charge in [-0.15, -0.1) is 0 Å². The van der Waals surface area contributed by atoms with E-state index in [1.165, 1.54) is 0 Å². The maximum atomic E-state index is 13.2. The summed E-state index contributed by atoms with van der Waals surface area (Å²) in [5.74, 6) is 0.973. The van der Waals surface area contributed by atoms with E-state index >= 15 is 0 Å². The molecule has 1 N–H and O–H groups in total. The highest BCUT2D eigenvalue weighted by molar-refractivity contribution is 5.93. The smallest absolute Gasteiger partial charge is 0.227 e. The van der Waals surface area contributed by atoms with Crippen molar-refractivity contribution in [1.82, 2.24) is 4.90 Å². The molecule has 0 atom stereocenters. The number of nitrogens with one attached hydrogen (secondary N) is 1. The number of anilines is 2. The van der Waals surface area contributed by atoms with Crippen molar-refractivity contribution in [3.63, 3.8) is 0 Å². The van der Waals surface area contributed by atoms with Gasteiger partial charge in [-0.3, -0.25) is 9.59 Å².